The fourth-order valence-electron chi connectivity index (χ4n) is 3.39. The third kappa shape index (κ3) is 4.92. The lowest BCUT2D eigenvalue weighted by molar-refractivity contribution is -0.117. The van der Waals surface area contributed by atoms with Crippen LogP contribution in [0.3, 0.4) is 0 Å². The molecule has 0 bridgehead atoms. The number of carbonyl (C=O) groups is 2. The number of amides is 2. The van der Waals surface area contributed by atoms with Gasteiger partial charge in [-0.1, -0.05) is 59.8 Å². The summed E-state index contributed by atoms with van der Waals surface area (Å²) >= 11 is 7.47. The van der Waals surface area contributed by atoms with E-state index in [0.29, 0.717) is 28.0 Å². The fraction of sp³-hybridized carbons (Fsp3) is 0.120. The summed E-state index contributed by atoms with van der Waals surface area (Å²) in [6.07, 6.45) is 1.96. The van der Waals surface area contributed by atoms with Crippen LogP contribution in [0.25, 0.3) is 0 Å². The van der Waals surface area contributed by atoms with E-state index in [1.807, 2.05) is 37.3 Å². The number of hydrogen-bond acceptors (Lipinski definition) is 5. The number of aromatic nitrogens is 1. The average molecular weight is 475 g/mol. The topological polar surface area (TPSA) is 86.1 Å². The van der Waals surface area contributed by atoms with Crippen molar-refractivity contribution in [1.29, 1.82) is 5.26 Å². The van der Waals surface area contributed by atoms with Crippen molar-refractivity contribution in [2.24, 2.45) is 0 Å². The zero-order chi connectivity index (χ0) is 23.4. The highest BCUT2D eigenvalue weighted by molar-refractivity contribution is 8.05. The number of benzene rings is 2. The first-order valence-electron chi connectivity index (χ1n) is 10.2. The predicted molar refractivity (Wildman–Crippen MR) is 131 cm³/mol. The number of halogens is 1. The second kappa shape index (κ2) is 9.90. The molecule has 1 aliphatic heterocycles. The highest BCUT2D eigenvalue weighted by Crippen LogP contribution is 2.42. The number of aryl methyl sites for hydroxylation is 1. The van der Waals surface area contributed by atoms with Crippen molar-refractivity contribution < 1.29 is 9.59 Å². The summed E-state index contributed by atoms with van der Waals surface area (Å²) in [5.41, 5.74) is 2.30. The van der Waals surface area contributed by atoms with E-state index >= 15 is 0 Å². The minimum absolute atomic E-state index is 0.146. The molecule has 1 N–H and O–H groups in total. The molecule has 33 heavy (non-hydrogen) atoms. The van der Waals surface area contributed by atoms with Gasteiger partial charge in [0.1, 0.15) is 22.5 Å². The molecule has 4 rings (SSSR count). The maximum absolute atomic E-state index is 13.5. The molecule has 2 amide bonds. The Balaban J connectivity index is 1.71. The van der Waals surface area contributed by atoms with E-state index in [1.54, 1.807) is 48.7 Å². The zero-order valence-corrected chi connectivity index (χ0v) is 19.2. The summed E-state index contributed by atoms with van der Waals surface area (Å²) in [6.45, 7) is 1.92. The van der Waals surface area contributed by atoms with Crippen molar-refractivity contribution in [2.45, 2.75) is 18.6 Å². The molecule has 8 heteroatoms. The molecule has 1 aromatic heterocycles. The van der Waals surface area contributed by atoms with Gasteiger partial charge in [0.15, 0.2) is 0 Å². The largest absolute Gasteiger partial charge is 0.306 e. The Morgan fingerprint density at radius 1 is 1.18 bits per heavy atom. The van der Waals surface area contributed by atoms with Gasteiger partial charge in [0.2, 0.25) is 5.91 Å². The van der Waals surface area contributed by atoms with Gasteiger partial charge in [-0.05, 0) is 54.8 Å². The Kier molecular flexibility index (Phi) is 6.78. The quantitative estimate of drug-likeness (QED) is 0.410. The second-order valence-corrected chi connectivity index (χ2v) is 8.96. The lowest BCUT2D eigenvalue weighted by Crippen LogP contribution is -2.30. The van der Waals surface area contributed by atoms with Crippen LogP contribution < -0.4 is 10.2 Å². The fourth-order valence-corrected chi connectivity index (χ4v) is 4.90. The Morgan fingerprint density at radius 2 is 1.94 bits per heavy atom. The molecular formula is C25H19ClN4O2S. The third-order valence-electron chi connectivity index (χ3n) is 5.08. The van der Waals surface area contributed by atoms with Crippen molar-refractivity contribution in [3.63, 3.8) is 0 Å². The van der Waals surface area contributed by atoms with E-state index < -0.39 is 11.2 Å². The Hall–Kier alpha value is -3.60. The maximum atomic E-state index is 13.5. The SMILES string of the molecule is Cc1ccc(C[C@@H]2S/C(=C(/C#N)C(=O)Nc3ccccn3)N(c3ccccc3)C2=O)cc1Cl. The molecule has 0 saturated carbocycles. The number of nitriles is 1. The van der Waals surface area contributed by atoms with Crippen LogP contribution in [0, 0.1) is 18.3 Å². The van der Waals surface area contributed by atoms with Crippen LogP contribution in [0.1, 0.15) is 11.1 Å². The smallest absolute Gasteiger partial charge is 0.270 e. The molecule has 6 nitrogen and oxygen atoms in total. The molecule has 0 unspecified atom stereocenters. The number of carbonyl (C=O) groups excluding carboxylic acids is 2. The van der Waals surface area contributed by atoms with Gasteiger partial charge in [-0.25, -0.2) is 4.98 Å². The number of hydrogen-bond donors (Lipinski definition) is 1. The van der Waals surface area contributed by atoms with Gasteiger partial charge in [-0.15, -0.1) is 0 Å². The van der Waals surface area contributed by atoms with Gasteiger partial charge >= 0.3 is 0 Å². The second-order valence-electron chi connectivity index (χ2n) is 7.36. The van der Waals surface area contributed by atoms with E-state index in [-0.39, 0.29) is 11.5 Å². The maximum Gasteiger partial charge on any atom is 0.270 e. The van der Waals surface area contributed by atoms with E-state index in [2.05, 4.69) is 10.3 Å². The molecule has 2 heterocycles. The Labute approximate surface area is 200 Å². The number of pyridine rings is 1. The predicted octanol–water partition coefficient (Wildman–Crippen LogP) is 5.11. The van der Waals surface area contributed by atoms with Crippen molar-refractivity contribution in [3.8, 4) is 6.07 Å². The van der Waals surface area contributed by atoms with E-state index in [1.165, 1.54) is 16.7 Å². The first-order chi connectivity index (χ1) is 16.0. The van der Waals surface area contributed by atoms with Crippen molar-refractivity contribution >= 4 is 46.7 Å². The van der Waals surface area contributed by atoms with Gasteiger partial charge in [0, 0.05) is 16.9 Å². The molecule has 1 aliphatic rings. The summed E-state index contributed by atoms with van der Waals surface area (Å²) in [6, 6.07) is 21.8. The van der Waals surface area contributed by atoms with Crippen LogP contribution in [0.2, 0.25) is 5.02 Å². The van der Waals surface area contributed by atoms with E-state index in [0.717, 1.165) is 11.1 Å². The van der Waals surface area contributed by atoms with Crippen molar-refractivity contribution in [3.05, 3.63) is 99.7 Å². The van der Waals surface area contributed by atoms with Gasteiger partial charge in [0.25, 0.3) is 5.91 Å². The zero-order valence-electron chi connectivity index (χ0n) is 17.7. The number of para-hydroxylation sites is 1. The Morgan fingerprint density at radius 3 is 2.61 bits per heavy atom. The van der Waals surface area contributed by atoms with Gasteiger partial charge in [-0.3, -0.25) is 14.5 Å². The van der Waals surface area contributed by atoms with Crippen LogP contribution in [0.15, 0.2) is 83.5 Å². The molecule has 3 aromatic rings. The first kappa shape index (κ1) is 22.6. The average Bonchev–Trinajstić information content (AvgIpc) is 3.13. The van der Waals surface area contributed by atoms with Gasteiger partial charge < -0.3 is 5.32 Å². The number of rotatable bonds is 5. The molecule has 0 radical (unpaired) electrons. The Bertz CT molecular complexity index is 1270. The number of nitrogens with zero attached hydrogens (tertiary/aromatic N) is 3. The molecule has 1 fully saturated rings. The van der Waals surface area contributed by atoms with Crippen LogP contribution in [0.5, 0.6) is 0 Å². The molecule has 0 aliphatic carbocycles. The third-order valence-corrected chi connectivity index (χ3v) is 6.75. The molecule has 1 saturated heterocycles. The van der Waals surface area contributed by atoms with E-state index in [9.17, 15) is 14.9 Å². The first-order valence-corrected chi connectivity index (χ1v) is 11.4. The molecule has 1 atom stereocenters. The highest BCUT2D eigenvalue weighted by Gasteiger charge is 2.40. The van der Waals surface area contributed by atoms with Crippen LogP contribution in [0.4, 0.5) is 11.5 Å². The molecule has 164 valence electrons. The summed E-state index contributed by atoms with van der Waals surface area (Å²) in [7, 11) is 0. The number of thioether (sulfide) groups is 1. The summed E-state index contributed by atoms with van der Waals surface area (Å²) < 4.78 is 0. The lowest BCUT2D eigenvalue weighted by Gasteiger charge is -2.18. The number of nitrogens with one attached hydrogen (secondary N) is 1. The normalized spacial score (nSPS) is 16.9. The van der Waals surface area contributed by atoms with Crippen LogP contribution >= 0.6 is 23.4 Å². The van der Waals surface area contributed by atoms with Crippen LogP contribution in [-0.2, 0) is 16.0 Å². The highest BCUT2D eigenvalue weighted by atomic mass is 35.5. The molecule has 2 aromatic carbocycles. The minimum atomic E-state index is -0.619. The van der Waals surface area contributed by atoms with Crippen LogP contribution in [-0.4, -0.2) is 22.0 Å². The summed E-state index contributed by atoms with van der Waals surface area (Å²) in [4.78, 5) is 31.9. The minimum Gasteiger partial charge on any atom is -0.306 e. The van der Waals surface area contributed by atoms with E-state index in [4.69, 9.17) is 11.6 Å². The monoisotopic (exact) mass is 474 g/mol. The van der Waals surface area contributed by atoms with Gasteiger partial charge in [0.05, 0.1) is 5.25 Å². The molecular weight excluding hydrogens is 456 g/mol. The number of anilines is 2. The van der Waals surface area contributed by atoms with Crippen molar-refractivity contribution in [1.82, 2.24) is 4.98 Å². The lowest BCUT2D eigenvalue weighted by atomic mass is 10.1. The standard InChI is InChI=1S/C25H19ClN4O2S/c1-16-10-11-17(13-20(16)26)14-21-24(32)30(18-7-3-2-4-8-18)25(33-21)19(15-27)23(31)29-22-9-5-6-12-28-22/h2-13,21H,14H2,1H3,(H,28,29,31)/b25-19-/t21-/m0/s1. The summed E-state index contributed by atoms with van der Waals surface area (Å²) in [5.74, 6) is -0.495. The summed E-state index contributed by atoms with van der Waals surface area (Å²) in [5, 5.41) is 12.9. The molecule has 0 spiro atoms. The van der Waals surface area contributed by atoms with Gasteiger partial charge in [-0.2, -0.15) is 5.26 Å². The van der Waals surface area contributed by atoms with Crippen molar-refractivity contribution in [2.75, 3.05) is 10.2 Å².